The van der Waals surface area contributed by atoms with Crippen LogP contribution in [0.2, 0.25) is 0 Å². The number of aromatic amines is 1. The lowest BCUT2D eigenvalue weighted by molar-refractivity contribution is -0.118. The zero-order valence-corrected chi connectivity index (χ0v) is 14.2. The number of rotatable bonds is 3. The van der Waals surface area contributed by atoms with E-state index < -0.39 is 0 Å². The van der Waals surface area contributed by atoms with Gasteiger partial charge in [0.05, 0.1) is 0 Å². The Morgan fingerprint density at radius 1 is 1.09 bits per heavy atom. The van der Waals surface area contributed by atoms with E-state index in [9.17, 15) is 9.59 Å². The molecule has 1 aliphatic carbocycles. The molecule has 2 amide bonds. The number of anilines is 1. The Morgan fingerprint density at radius 2 is 1.74 bits per heavy atom. The van der Waals surface area contributed by atoms with Crippen molar-refractivity contribution in [3.63, 3.8) is 0 Å². The van der Waals surface area contributed by atoms with Crippen molar-refractivity contribution in [1.29, 1.82) is 0 Å². The van der Waals surface area contributed by atoms with Gasteiger partial charge in [-0.25, -0.2) is 0 Å². The highest BCUT2D eigenvalue weighted by molar-refractivity contribution is 6.01. The second kappa shape index (κ2) is 4.85. The average Bonchev–Trinajstić information content (AvgIpc) is 2.78. The maximum atomic E-state index is 12.5. The number of hydrogen-bond acceptors (Lipinski definition) is 2. The Morgan fingerprint density at radius 3 is 2.30 bits per heavy atom. The van der Waals surface area contributed by atoms with Gasteiger partial charge < -0.3 is 15.6 Å². The molecule has 0 radical (unpaired) electrons. The average molecular weight is 313 g/mol. The Balaban J connectivity index is 1.82. The van der Waals surface area contributed by atoms with Crippen LogP contribution in [0.5, 0.6) is 0 Å². The number of hydrogen-bond donors (Lipinski definition) is 3. The number of H-pyrrole nitrogens is 1. The van der Waals surface area contributed by atoms with Gasteiger partial charge in [0.2, 0.25) is 5.91 Å². The Bertz CT molecular complexity index is 788. The van der Waals surface area contributed by atoms with Gasteiger partial charge in [0.15, 0.2) is 0 Å². The summed E-state index contributed by atoms with van der Waals surface area (Å²) in [6, 6.07) is 7.40. The molecule has 1 saturated carbocycles. The Kier molecular flexibility index (Phi) is 3.29. The van der Waals surface area contributed by atoms with E-state index in [-0.39, 0.29) is 28.6 Å². The zero-order chi connectivity index (χ0) is 17.0. The van der Waals surface area contributed by atoms with Crippen molar-refractivity contribution in [1.82, 2.24) is 10.3 Å². The number of benzene rings is 1. The largest absolute Gasteiger partial charge is 0.354 e. The molecule has 0 spiro atoms. The first-order valence-corrected chi connectivity index (χ1v) is 7.84. The predicted molar refractivity (Wildman–Crippen MR) is 91.4 cm³/mol. The normalized spacial score (nSPS) is 18.7. The van der Waals surface area contributed by atoms with Gasteiger partial charge >= 0.3 is 0 Å². The summed E-state index contributed by atoms with van der Waals surface area (Å²) in [5.74, 6) is -0.0898. The molecule has 1 heterocycles. The number of aromatic nitrogens is 1. The van der Waals surface area contributed by atoms with Gasteiger partial charge in [-0.2, -0.15) is 0 Å². The van der Waals surface area contributed by atoms with Crippen LogP contribution in [0.15, 0.2) is 24.3 Å². The summed E-state index contributed by atoms with van der Waals surface area (Å²) < 4.78 is 0. The molecular formula is C18H23N3O2. The van der Waals surface area contributed by atoms with E-state index in [0.29, 0.717) is 5.69 Å². The van der Waals surface area contributed by atoms with E-state index in [2.05, 4.69) is 43.3 Å². The highest BCUT2D eigenvalue weighted by Gasteiger charge is 2.68. The Hall–Kier alpha value is -2.30. The first kappa shape index (κ1) is 15.6. The standard InChI is InChI=1S/C18H23N3O2/c1-17(2)14(18(17,3)4)16(23)20-11-6-7-12-10(8-11)9-13(21-12)15(22)19-5/h6-9,14,21H,1-5H3,(H,19,22)(H,20,23). The lowest BCUT2D eigenvalue weighted by Crippen LogP contribution is -2.17. The van der Waals surface area contributed by atoms with Crippen molar-refractivity contribution >= 4 is 28.4 Å². The van der Waals surface area contributed by atoms with Crippen LogP contribution >= 0.6 is 0 Å². The predicted octanol–water partition coefficient (Wildman–Crippen LogP) is 3.15. The second-order valence-corrected chi connectivity index (χ2v) is 7.43. The quantitative estimate of drug-likeness (QED) is 0.814. The summed E-state index contributed by atoms with van der Waals surface area (Å²) in [5.41, 5.74) is 2.16. The van der Waals surface area contributed by atoms with Crippen molar-refractivity contribution in [3.05, 3.63) is 30.0 Å². The molecule has 0 unspecified atom stereocenters. The minimum absolute atomic E-state index is 0.0124. The molecule has 122 valence electrons. The van der Waals surface area contributed by atoms with Crippen LogP contribution in [0, 0.1) is 16.7 Å². The first-order valence-electron chi connectivity index (χ1n) is 7.84. The van der Waals surface area contributed by atoms with Crippen LogP contribution in [0.25, 0.3) is 10.9 Å². The SMILES string of the molecule is CNC(=O)c1cc2cc(NC(=O)C3C(C)(C)C3(C)C)ccc2[nH]1. The fourth-order valence-corrected chi connectivity index (χ4v) is 3.53. The van der Waals surface area contributed by atoms with Crippen molar-refractivity contribution in [2.24, 2.45) is 16.7 Å². The van der Waals surface area contributed by atoms with Gasteiger partial charge in [-0.05, 0) is 35.1 Å². The molecule has 23 heavy (non-hydrogen) atoms. The summed E-state index contributed by atoms with van der Waals surface area (Å²) in [4.78, 5) is 27.3. The molecule has 0 bridgehead atoms. The molecule has 3 rings (SSSR count). The van der Waals surface area contributed by atoms with Crippen LogP contribution in [-0.2, 0) is 4.79 Å². The summed E-state index contributed by atoms with van der Waals surface area (Å²) >= 11 is 0. The molecule has 1 aromatic carbocycles. The number of amides is 2. The van der Waals surface area contributed by atoms with E-state index in [1.165, 1.54) is 0 Å². The van der Waals surface area contributed by atoms with Gasteiger partial charge in [0.25, 0.3) is 5.91 Å². The van der Waals surface area contributed by atoms with Crippen LogP contribution in [0.4, 0.5) is 5.69 Å². The van der Waals surface area contributed by atoms with Crippen molar-refractivity contribution in [2.45, 2.75) is 27.7 Å². The number of fused-ring (bicyclic) bond motifs is 1. The molecule has 3 N–H and O–H groups in total. The van der Waals surface area contributed by atoms with E-state index in [1.807, 2.05) is 18.2 Å². The fraction of sp³-hybridized carbons (Fsp3) is 0.444. The third-order valence-corrected chi connectivity index (χ3v) is 5.64. The zero-order valence-electron chi connectivity index (χ0n) is 14.2. The first-order chi connectivity index (χ1) is 10.7. The highest BCUT2D eigenvalue weighted by Crippen LogP contribution is 2.68. The molecule has 5 nitrogen and oxygen atoms in total. The van der Waals surface area contributed by atoms with Crippen molar-refractivity contribution < 1.29 is 9.59 Å². The van der Waals surface area contributed by atoms with E-state index >= 15 is 0 Å². The molecule has 5 heteroatoms. The lowest BCUT2D eigenvalue weighted by atomic mass is 10.0. The molecular weight excluding hydrogens is 290 g/mol. The number of carbonyl (C=O) groups is 2. The van der Waals surface area contributed by atoms with Crippen molar-refractivity contribution in [3.8, 4) is 0 Å². The van der Waals surface area contributed by atoms with Crippen LogP contribution < -0.4 is 10.6 Å². The Labute approximate surface area is 135 Å². The van der Waals surface area contributed by atoms with Gasteiger partial charge in [0, 0.05) is 29.6 Å². The summed E-state index contributed by atoms with van der Waals surface area (Å²) in [5, 5.41) is 6.50. The molecule has 1 aromatic heterocycles. The maximum absolute atomic E-state index is 12.5. The topological polar surface area (TPSA) is 74.0 Å². The van der Waals surface area contributed by atoms with Crippen LogP contribution in [0.3, 0.4) is 0 Å². The fourth-order valence-electron chi connectivity index (χ4n) is 3.53. The van der Waals surface area contributed by atoms with E-state index in [0.717, 1.165) is 16.6 Å². The van der Waals surface area contributed by atoms with Gasteiger partial charge in [-0.3, -0.25) is 9.59 Å². The number of carbonyl (C=O) groups excluding carboxylic acids is 2. The lowest BCUT2D eigenvalue weighted by Gasteiger charge is -2.06. The third-order valence-electron chi connectivity index (χ3n) is 5.64. The van der Waals surface area contributed by atoms with Crippen LogP contribution in [-0.4, -0.2) is 23.8 Å². The minimum atomic E-state index is -0.159. The minimum Gasteiger partial charge on any atom is -0.354 e. The van der Waals surface area contributed by atoms with Crippen molar-refractivity contribution in [2.75, 3.05) is 12.4 Å². The van der Waals surface area contributed by atoms with E-state index in [4.69, 9.17) is 0 Å². The van der Waals surface area contributed by atoms with E-state index in [1.54, 1.807) is 13.1 Å². The summed E-state index contributed by atoms with van der Waals surface area (Å²) in [6.45, 7) is 8.51. The summed E-state index contributed by atoms with van der Waals surface area (Å²) in [7, 11) is 1.60. The molecule has 2 aromatic rings. The molecule has 1 fully saturated rings. The third kappa shape index (κ3) is 2.31. The molecule has 1 aliphatic rings. The van der Waals surface area contributed by atoms with Gasteiger partial charge in [-0.15, -0.1) is 0 Å². The summed E-state index contributed by atoms with van der Waals surface area (Å²) in [6.07, 6.45) is 0. The van der Waals surface area contributed by atoms with Gasteiger partial charge in [-0.1, -0.05) is 27.7 Å². The van der Waals surface area contributed by atoms with Gasteiger partial charge in [0.1, 0.15) is 5.69 Å². The molecule has 0 saturated heterocycles. The smallest absolute Gasteiger partial charge is 0.267 e. The van der Waals surface area contributed by atoms with Crippen LogP contribution in [0.1, 0.15) is 38.2 Å². The molecule has 0 aliphatic heterocycles. The highest BCUT2D eigenvalue weighted by atomic mass is 16.2. The number of nitrogens with one attached hydrogen (secondary N) is 3. The maximum Gasteiger partial charge on any atom is 0.267 e. The molecule has 0 atom stereocenters. The second-order valence-electron chi connectivity index (χ2n) is 7.43. The monoisotopic (exact) mass is 313 g/mol.